The van der Waals surface area contributed by atoms with Crippen LogP contribution in [0.5, 0.6) is 0 Å². The number of nitrogens with two attached hydrogens (primary N) is 2. The Balaban J connectivity index is 0. The second-order valence-electron chi connectivity index (χ2n) is 0.667. The highest BCUT2D eigenvalue weighted by atomic mass is 15.0. The lowest BCUT2D eigenvalue weighted by atomic mass is 10.6. The number of allylic oxidation sites excluding steroid dienone is 2. The molecule has 38 valence electrons. The molecule has 0 radical (unpaired) electrons. The van der Waals surface area contributed by atoms with Gasteiger partial charge in [0.15, 0.2) is 0 Å². The third-order valence-electron chi connectivity index (χ3n) is 0.333. The Bertz CT molecular complexity index is 20.7. The van der Waals surface area contributed by atoms with Crippen LogP contribution in [0.15, 0.2) is 12.2 Å². The molecule has 0 amide bonds. The minimum Gasteiger partial charge on any atom is -0.274 e. The second kappa shape index (κ2) is 22.7. The molecule has 0 aliphatic rings. The molecule has 0 aliphatic heterocycles. The van der Waals surface area contributed by atoms with Crippen molar-refractivity contribution in [3.05, 3.63) is 12.2 Å². The van der Waals surface area contributed by atoms with E-state index in [0.717, 1.165) is 0 Å². The van der Waals surface area contributed by atoms with Gasteiger partial charge < -0.3 is 0 Å². The van der Waals surface area contributed by atoms with Crippen molar-refractivity contribution >= 4 is 0 Å². The first-order valence-corrected chi connectivity index (χ1v) is 1.82. The zero-order valence-electron chi connectivity index (χ0n) is 4.31. The van der Waals surface area contributed by atoms with Gasteiger partial charge in [0, 0.05) is 0 Å². The summed E-state index contributed by atoms with van der Waals surface area (Å²) in [5.41, 5.74) is 0. The van der Waals surface area contributed by atoms with Crippen LogP contribution < -0.4 is 11.7 Å². The van der Waals surface area contributed by atoms with E-state index in [0.29, 0.717) is 0 Å². The van der Waals surface area contributed by atoms with Crippen molar-refractivity contribution in [2.45, 2.75) is 13.8 Å². The van der Waals surface area contributed by atoms with E-state index in [1.807, 2.05) is 26.0 Å². The van der Waals surface area contributed by atoms with Gasteiger partial charge in [0.05, 0.1) is 0 Å². The highest BCUT2D eigenvalue weighted by Crippen LogP contribution is 1.57. The lowest BCUT2D eigenvalue weighted by Crippen LogP contribution is -2.02. The van der Waals surface area contributed by atoms with Crippen LogP contribution in [0.25, 0.3) is 0 Å². The molecule has 4 N–H and O–H groups in total. The van der Waals surface area contributed by atoms with E-state index in [-0.39, 0.29) is 0 Å². The zero-order chi connectivity index (χ0) is 5.41. The average Bonchev–Trinajstić information content (AvgIpc) is 1.72. The summed E-state index contributed by atoms with van der Waals surface area (Å²) in [6, 6.07) is 0. The van der Waals surface area contributed by atoms with Crippen LogP contribution in [0.2, 0.25) is 0 Å². The Morgan fingerprint density at radius 2 is 1.17 bits per heavy atom. The van der Waals surface area contributed by atoms with E-state index in [9.17, 15) is 0 Å². The molecule has 0 rings (SSSR count). The van der Waals surface area contributed by atoms with E-state index in [2.05, 4.69) is 11.7 Å². The predicted molar refractivity (Wildman–Crippen MR) is 28.9 cm³/mol. The summed E-state index contributed by atoms with van der Waals surface area (Å²) in [4.78, 5) is 0. The third-order valence-corrected chi connectivity index (χ3v) is 0.333. The van der Waals surface area contributed by atoms with Gasteiger partial charge in [-0.1, -0.05) is 12.2 Å². The Morgan fingerprint density at radius 1 is 1.00 bits per heavy atom. The number of rotatable bonds is 0. The summed E-state index contributed by atoms with van der Waals surface area (Å²) in [5, 5.41) is 0. The summed E-state index contributed by atoms with van der Waals surface area (Å²) in [7, 11) is 0. The molecule has 0 spiro atoms. The Kier molecular flexibility index (Phi) is 34.6. The molecule has 0 heterocycles. The molecule has 0 bridgehead atoms. The van der Waals surface area contributed by atoms with Crippen molar-refractivity contribution < 1.29 is 0 Å². The van der Waals surface area contributed by atoms with Gasteiger partial charge in [-0.05, 0) is 13.8 Å². The fourth-order valence-corrected chi connectivity index (χ4v) is 0. The summed E-state index contributed by atoms with van der Waals surface area (Å²) in [6.07, 6.45) is 4.00. The van der Waals surface area contributed by atoms with E-state index >= 15 is 0 Å². The van der Waals surface area contributed by atoms with Crippen LogP contribution in [0.4, 0.5) is 0 Å². The molecule has 0 aliphatic carbocycles. The van der Waals surface area contributed by atoms with Gasteiger partial charge in [0.2, 0.25) is 0 Å². The van der Waals surface area contributed by atoms with Crippen LogP contribution in [0.1, 0.15) is 13.8 Å². The van der Waals surface area contributed by atoms with E-state index in [1.165, 1.54) is 0 Å². The molecule has 0 unspecified atom stereocenters. The minimum absolute atomic E-state index is 2.00. The van der Waals surface area contributed by atoms with Crippen molar-refractivity contribution in [1.82, 2.24) is 0 Å². The molecular formula is C4H12N2. The smallest absolute Gasteiger partial charge is 0.0470 e. The molecule has 0 aromatic rings. The maximum Gasteiger partial charge on any atom is -0.0470 e. The van der Waals surface area contributed by atoms with Crippen LogP contribution in [-0.2, 0) is 0 Å². The molecule has 0 saturated heterocycles. The zero-order valence-corrected chi connectivity index (χ0v) is 4.31. The third kappa shape index (κ3) is 59.5. The summed E-state index contributed by atoms with van der Waals surface area (Å²) in [6.45, 7) is 4.00. The fraction of sp³-hybridized carbons (Fsp3) is 0.500. The van der Waals surface area contributed by atoms with Crippen molar-refractivity contribution in [2.24, 2.45) is 11.7 Å². The van der Waals surface area contributed by atoms with Crippen molar-refractivity contribution in [2.75, 3.05) is 0 Å². The van der Waals surface area contributed by atoms with Crippen molar-refractivity contribution in [1.29, 1.82) is 0 Å². The normalized spacial score (nSPS) is 7.33. The molecule has 0 atom stereocenters. The first-order chi connectivity index (χ1) is 2.91. The van der Waals surface area contributed by atoms with E-state index < -0.39 is 0 Å². The highest BCUT2D eigenvalue weighted by molar-refractivity contribution is 4.68. The lowest BCUT2D eigenvalue weighted by Gasteiger charge is -1.49. The van der Waals surface area contributed by atoms with E-state index in [1.54, 1.807) is 0 Å². The van der Waals surface area contributed by atoms with Gasteiger partial charge in [0.25, 0.3) is 0 Å². The maximum atomic E-state index is 4.00. The average molecular weight is 88.2 g/mol. The molecule has 2 heteroatoms. The lowest BCUT2D eigenvalue weighted by molar-refractivity contribution is 1.26. The minimum atomic E-state index is 2.00. The van der Waals surface area contributed by atoms with Crippen LogP contribution in [-0.4, -0.2) is 0 Å². The Labute approximate surface area is 38.8 Å². The monoisotopic (exact) mass is 88.1 g/mol. The summed E-state index contributed by atoms with van der Waals surface area (Å²) >= 11 is 0. The molecular weight excluding hydrogens is 76.1 g/mol. The van der Waals surface area contributed by atoms with Crippen LogP contribution >= 0.6 is 0 Å². The highest BCUT2D eigenvalue weighted by Gasteiger charge is 1.34. The van der Waals surface area contributed by atoms with E-state index in [4.69, 9.17) is 0 Å². The topological polar surface area (TPSA) is 52.0 Å². The Hall–Kier alpha value is -0.340. The van der Waals surface area contributed by atoms with Gasteiger partial charge in [-0.15, -0.1) is 0 Å². The standard InChI is InChI=1S/C4H8.H4N2/c1-3-4-2;1-2/h3-4H,1-2H3;1-2H2/b4-3+;. The predicted octanol–water partition coefficient (Wildman–Crippen LogP) is 0.401. The van der Waals surface area contributed by atoms with Crippen LogP contribution in [0.3, 0.4) is 0 Å². The quantitative estimate of drug-likeness (QED) is 0.256. The number of hydrogen-bond donors (Lipinski definition) is 2. The SMILES string of the molecule is C/C=C/C.NN. The summed E-state index contributed by atoms with van der Waals surface area (Å²) < 4.78 is 0. The first-order valence-electron chi connectivity index (χ1n) is 1.82. The van der Waals surface area contributed by atoms with Gasteiger partial charge in [-0.2, -0.15) is 0 Å². The van der Waals surface area contributed by atoms with Gasteiger partial charge in [-0.3, -0.25) is 11.7 Å². The summed E-state index contributed by atoms with van der Waals surface area (Å²) in [5.74, 6) is 8.00. The second-order valence-corrected chi connectivity index (χ2v) is 0.667. The van der Waals surface area contributed by atoms with Gasteiger partial charge in [-0.25, -0.2) is 0 Å². The molecule has 6 heavy (non-hydrogen) atoms. The molecule has 0 aromatic heterocycles. The number of hydrazine groups is 1. The molecule has 2 nitrogen and oxygen atoms in total. The van der Waals surface area contributed by atoms with Gasteiger partial charge in [0.1, 0.15) is 0 Å². The van der Waals surface area contributed by atoms with Crippen molar-refractivity contribution in [3.63, 3.8) is 0 Å². The Morgan fingerprint density at radius 3 is 1.17 bits per heavy atom. The van der Waals surface area contributed by atoms with Crippen molar-refractivity contribution in [3.8, 4) is 0 Å². The first kappa shape index (κ1) is 9.18. The maximum absolute atomic E-state index is 4.00. The molecule has 0 aromatic carbocycles. The van der Waals surface area contributed by atoms with Gasteiger partial charge >= 0.3 is 0 Å². The fourth-order valence-electron chi connectivity index (χ4n) is 0. The molecule has 0 fully saturated rings. The van der Waals surface area contributed by atoms with Crippen LogP contribution in [0, 0.1) is 0 Å². The molecule has 0 saturated carbocycles. The number of hydrogen-bond acceptors (Lipinski definition) is 2. The largest absolute Gasteiger partial charge is 0.274 e.